The lowest BCUT2D eigenvalue weighted by atomic mass is 9.76. The number of hydrogen-bond donors (Lipinski definition) is 3. The molecule has 0 saturated carbocycles. The number of ketones is 1. The summed E-state index contributed by atoms with van der Waals surface area (Å²) in [4.78, 5) is 58.4. The molecule has 1 saturated heterocycles. The maximum Gasteiger partial charge on any atom is 0.248 e. The Kier molecular flexibility index (Phi) is 7.67. The van der Waals surface area contributed by atoms with Crippen LogP contribution in [0.4, 0.5) is 10.2 Å². The monoisotopic (exact) mass is 676 g/mol. The van der Waals surface area contributed by atoms with Gasteiger partial charge in [0.15, 0.2) is 17.4 Å². The van der Waals surface area contributed by atoms with Gasteiger partial charge >= 0.3 is 0 Å². The first kappa shape index (κ1) is 30.4. The van der Waals surface area contributed by atoms with E-state index < -0.39 is 41.7 Å². The number of Topliss-reactive ketones (excluding diaryl/α,β-unsaturated/α-hetero) is 1. The summed E-state index contributed by atoms with van der Waals surface area (Å²) < 4.78 is 15.2. The first-order valence-electron chi connectivity index (χ1n) is 13.9. The summed E-state index contributed by atoms with van der Waals surface area (Å²) in [6.45, 7) is 3.58. The van der Waals surface area contributed by atoms with Gasteiger partial charge in [0.05, 0.1) is 28.9 Å². The molecule has 0 bridgehead atoms. The Hall–Kier alpha value is -4.65. The number of nitrogens with one attached hydrogen (secondary N) is 1. The summed E-state index contributed by atoms with van der Waals surface area (Å²) in [5, 5.41) is 27.1. The maximum atomic E-state index is 14.0. The second-order valence-corrected chi connectivity index (χ2v) is 11.9. The first-order chi connectivity index (χ1) is 21.4. The largest absolute Gasteiger partial charge is 0.390 e. The first-order valence-corrected chi connectivity index (χ1v) is 14.6. The van der Waals surface area contributed by atoms with Gasteiger partial charge in [-0.2, -0.15) is 5.10 Å². The Balaban J connectivity index is 1.35. The van der Waals surface area contributed by atoms with Crippen molar-refractivity contribution in [1.82, 2.24) is 34.6 Å². The Morgan fingerprint density at radius 2 is 1.91 bits per heavy atom. The highest BCUT2D eigenvalue weighted by atomic mass is 79.9. The third kappa shape index (κ3) is 5.24. The van der Waals surface area contributed by atoms with Crippen LogP contribution >= 0.6 is 15.9 Å². The van der Waals surface area contributed by atoms with Crippen LogP contribution in [-0.4, -0.2) is 74.5 Å². The Morgan fingerprint density at radius 3 is 2.53 bits per heavy atom. The molecule has 0 aromatic carbocycles. The summed E-state index contributed by atoms with van der Waals surface area (Å²) in [6, 6.07) is 1.38. The number of rotatable bonds is 8. The van der Waals surface area contributed by atoms with Gasteiger partial charge in [-0.25, -0.2) is 24.3 Å². The number of aliphatic hydroxyl groups is 2. The number of fused-ring (bicyclic) bond motifs is 2. The number of amides is 2. The van der Waals surface area contributed by atoms with Gasteiger partial charge in [-0.1, -0.05) is 11.8 Å². The minimum atomic E-state index is -0.932. The minimum Gasteiger partial charge on any atom is -0.390 e. The quantitative estimate of drug-likeness (QED) is 0.143. The van der Waals surface area contributed by atoms with E-state index in [9.17, 15) is 29.0 Å². The number of pyridine rings is 2. The summed E-state index contributed by atoms with van der Waals surface area (Å²) in [7, 11) is 0. The van der Waals surface area contributed by atoms with Gasteiger partial charge in [-0.05, 0) is 53.9 Å². The minimum absolute atomic E-state index is 0.0592. The summed E-state index contributed by atoms with van der Waals surface area (Å²) in [5.41, 5.74) is 1.15. The Bertz CT molecular complexity index is 1970. The van der Waals surface area contributed by atoms with E-state index in [1.54, 1.807) is 13.0 Å². The second kappa shape index (κ2) is 11.4. The van der Waals surface area contributed by atoms with Crippen molar-refractivity contribution in [2.24, 2.45) is 5.41 Å². The third-order valence-electron chi connectivity index (χ3n) is 7.99. The number of nitrogens with zero attached hydrogens (tertiary/aromatic N) is 7. The molecule has 2 amide bonds. The summed E-state index contributed by atoms with van der Waals surface area (Å²) in [5.74, 6) is 4.50. The molecule has 15 heteroatoms. The fourth-order valence-corrected chi connectivity index (χ4v) is 6.01. The molecule has 2 aliphatic rings. The van der Waals surface area contributed by atoms with Crippen molar-refractivity contribution in [2.45, 2.75) is 59.0 Å². The number of carbonyl (C=O) groups excluding carboxylic acids is 3. The van der Waals surface area contributed by atoms with Gasteiger partial charge in [0.2, 0.25) is 11.8 Å². The number of likely N-dealkylation sites (tertiary alicyclic amines) is 1. The topological polar surface area (TPSA) is 176 Å². The van der Waals surface area contributed by atoms with E-state index in [0.717, 1.165) is 0 Å². The van der Waals surface area contributed by atoms with Crippen molar-refractivity contribution >= 4 is 50.2 Å². The standard InChI is InChI=1S/C30H26BrFN8O5/c1-14-6-18(32)27(31)36-28(14)37-29(45)21-8-30(3)5-4-22(30)40(21)24(44)11-39-26-17(25(38-39)15(2)43)7-19(35-20(26)12-41)16-9-33-23(13-42)34-10-16/h6-7,9-10,21-22,41-42H,8,11-13H2,1-3H3,(H,36,37,45)/t21-,22+,30+/m0/s1. The lowest BCUT2D eigenvalue weighted by Gasteiger charge is -2.34. The number of halogens is 2. The average Bonchev–Trinajstić information content (AvgIpc) is 3.47. The van der Waals surface area contributed by atoms with E-state index in [1.165, 1.54) is 35.0 Å². The molecular formula is C30H26BrFN8O5. The van der Waals surface area contributed by atoms with Crippen molar-refractivity contribution in [3.63, 3.8) is 0 Å². The van der Waals surface area contributed by atoms with Crippen LogP contribution in [0.1, 0.15) is 47.8 Å². The Labute approximate surface area is 264 Å². The molecule has 0 unspecified atom stereocenters. The molecule has 5 heterocycles. The summed E-state index contributed by atoms with van der Waals surface area (Å²) >= 11 is 3.04. The van der Waals surface area contributed by atoms with Gasteiger partial charge in [0, 0.05) is 30.3 Å². The average molecular weight is 677 g/mol. The van der Waals surface area contributed by atoms with E-state index in [2.05, 4.69) is 58.1 Å². The van der Waals surface area contributed by atoms with Crippen LogP contribution in [0.25, 0.3) is 22.2 Å². The fourth-order valence-electron chi connectivity index (χ4n) is 5.72. The molecule has 6 rings (SSSR count). The molecule has 230 valence electrons. The van der Waals surface area contributed by atoms with Gasteiger partial charge in [-0.3, -0.25) is 19.1 Å². The normalized spacial score (nSPS) is 19.9. The molecule has 13 nitrogen and oxygen atoms in total. The summed E-state index contributed by atoms with van der Waals surface area (Å²) in [6.07, 6.45) is 3.20. The van der Waals surface area contributed by atoms with Crippen LogP contribution in [-0.2, 0) is 29.3 Å². The van der Waals surface area contributed by atoms with Crippen molar-refractivity contribution in [2.75, 3.05) is 5.32 Å². The van der Waals surface area contributed by atoms with Crippen molar-refractivity contribution in [1.29, 1.82) is 0 Å². The number of aromatic nitrogens is 6. The molecular weight excluding hydrogens is 651 g/mol. The van der Waals surface area contributed by atoms with Crippen molar-refractivity contribution < 1.29 is 29.0 Å². The lowest BCUT2D eigenvalue weighted by Crippen LogP contribution is -2.50. The van der Waals surface area contributed by atoms with Crippen LogP contribution in [0, 0.1) is 30.0 Å². The molecule has 45 heavy (non-hydrogen) atoms. The number of anilines is 1. The van der Waals surface area contributed by atoms with Gasteiger partial charge in [0.1, 0.15) is 41.4 Å². The van der Waals surface area contributed by atoms with E-state index in [-0.39, 0.29) is 58.5 Å². The van der Waals surface area contributed by atoms with Gasteiger partial charge in [0.25, 0.3) is 0 Å². The van der Waals surface area contributed by atoms with E-state index in [1.807, 2.05) is 6.92 Å². The number of aryl methyl sites for hydroxylation is 1. The van der Waals surface area contributed by atoms with Crippen LogP contribution in [0.15, 0.2) is 29.1 Å². The van der Waals surface area contributed by atoms with E-state index in [4.69, 9.17) is 0 Å². The van der Waals surface area contributed by atoms with E-state index >= 15 is 0 Å². The molecule has 0 spiro atoms. The molecule has 1 fully saturated rings. The molecule has 1 aliphatic heterocycles. The zero-order valence-electron chi connectivity index (χ0n) is 24.3. The fraction of sp³-hybridized carbons (Fsp3) is 0.333. The highest BCUT2D eigenvalue weighted by Crippen LogP contribution is 2.45. The molecule has 4 aromatic heterocycles. The predicted molar refractivity (Wildman–Crippen MR) is 161 cm³/mol. The Morgan fingerprint density at radius 1 is 1.18 bits per heavy atom. The number of carbonyl (C=O) groups is 3. The lowest BCUT2D eigenvalue weighted by molar-refractivity contribution is -0.138. The smallest absolute Gasteiger partial charge is 0.248 e. The van der Waals surface area contributed by atoms with Gasteiger partial charge in [-0.15, -0.1) is 0 Å². The van der Waals surface area contributed by atoms with Crippen LogP contribution in [0.2, 0.25) is 0 Å². The molecule has 0 radical (unpaired) electrons. The van der Waals surface area contributed by atoms with Gasteiger partial charge < -0.3 is 20.4 Å². The molecule has 1 aliphatic carbocycles. The molecule has 3 N–H and O–H groups in total. The highest BCUT2D eigenvalue weighted by Gasteiger charge is 2.56. The predicted octanol–water partition coefficient (Wildman–Crippen LogP) is 2.31. The SMILES string of the molecule is CC(=O)c1nn(CC(=O)N2[C@H](C(=O)Nc3nc(Br)c(F)cc3C)C[C@@]3(C)C#C[C@@H]23)c2c(CO)nc(-c3cnc(CO)nc3)cc12. The highest BCUT2D eigenvalue weighted by molar-refractivity contribution is 9.10. The van der Waals surface area contributed by atoms with Crippen LogP contribution < -0.4 is 5.32 Å². The van der Waals surface area contributed by atoms with Crippen LogP contribution in [0.5, 0.6) is 0 Å². The number of hydrogen-bond acceptors (Lipinski definition) is 10. The zero-order valence-corrected chi connectivity index (χ0v) is 25.9. The third-order valence-corrected chi connectivity index (χ3v) is 8.55. The van der Waals surface area contributed by atoms with Crippen molar-refractivity contribution in [3.8, 4) is 23.1 Å². The van der Waals surface area contributed by atoms with Crippen LogP contribution in [0.3, 0.4) is 0 Å². The molecule has 4 aromatic rings. The maximum absolute atomic E-state index is 14.0. The molecule has 3 atom stereocenters. The number of aliphatic hydroxyl groups excluding tert-OH is 2. The van der Waals surface area contributed by atoms with Crippen molar-refractivity contribution in [3.05, 3.63) is 57.7 Å². The van der Waals surface area contributed by atoms with E-state index in [0.29, 0.717) is 22.2 Å². The zero-order chi connectivity index (χ0) is 32.2. The second-order valence-electron chi connectivity index (χ2n) is 11.1.